The number of hydrogen-bond donors (Lipinski definition) is 1. The first-order valence-corrected chi connectivity index (χ1v) is 4.24. The topological polar surface area (TPSA) is 53.4 Å². The van der Waals surface area contributed by atoms with Crippen molar-refractivity contribution in [2.24, 2.45) is 5.92 Å². The van der Waals surface area contributed by atoms with Gasteiger partial charge in [0.25, 0.3) is 0 Å². The molecule has 4 nitrogen and oxygen atoms in total. The Hall–Kier alpha value is -1.32. The van der Waals surface area contributed by atoms with E-state index < -0.39 is 0 Å². The lowest BCUT2D eigenvalue weighted by atomic mass is 10.1. The lowest BCUT2D eigenvalue weighted by molar-refractivity contribution is -0.144. The molecule has 72 valence electrons. The molecule has 0 saturated carbocycles. The summed E-state index contributed by atoms with van der Waals surface area (Å²) < 4.78 is 4.87. The summed E-state index contributed by atoms with van der Waals surface area (Å²) in [5.41, 5.74) is 0. The first kappa shape index (κ1) is 9.77. The molecule has 0 aromatic heterocycles. The van der Waals surface area contributed by atoms with Crippen LogP contribution in [0.2, 0.25) is 0 Å². The third kappa shape index (κ3) is 2.08. The first-order valence-electron chi connectivity index (χ1n) is 4.24. The van der Waals surface area contributed by atoms with Crippen molar-refractivity contribution in [3.8, 4) is 0 Å². The van der Waals surface area contributed by atoms with Gasteiger partial charge in [-0.15, -0.1) is 0 Å². The zero-order valence-corrected chi connectivity index (χ0v) is 7.75. The molecule has 1 rings (SSSR count). The highest BCUT2D eigenvalue weighted by molar-refractivity contribution is 6.00. The van der Waals surface area contributed by atoms with Crippen molar-refractivity contribution >= 4 is 11.8 Å². The van der Waals surface area contributed by atoms with E-state index in [1.165, 1.54) is 6.08 Å². The van der Waals surface area contributed by atoms with Gasteiger partial charge in [-0.1, -0.05) is 12.7 Å². The molecule has 1 unspecified atom stereocenters. The molecule has 1 fully saturated rings. The van der Waals surface area contributed by atoms with Gasteiger partial charge in [-0.2, -0.15) is 0 Å². The van der Waals surface area contributed by atoms with E-state index in [-0.39, 0.29) is 18.5 Å². The predicted molar refractivity (Wildman–Crippen MR) is 49.6 cm³/mol. The molecule has 0 aromatic rings. The highest BCUT2D eigenvalue weighted by atomic mass is 16.5. The maximum atomic E-state index is 11.3. The molecule has 1 N–H and O–H groups in total. The molecule has 0 spiro atoms. The van der Waals surface area contributed by atoms with Gasteiger partial charge in [0.1, 0.15) is 18.4 Å². The predicted octanol–water partition coefficient (Wildman–Crippen LogP) is 0.645. The molecule has 0 radical (unpaired) electrons. The third-order valence-electron chi connectivity index (χ3n) is 2.12. The van der Waals surface area contributed by atoms with Crippen LogP contribution in [0.4, 0.5) is 0 Å². The average Bonchev–Trinajstić information content (AvgIpc) is 2.44. The van der Waals surface area contributed by atoms with E-state index in [0.717, 1.165) is 6.54 Å². The number of rotatable bonds is 3. The van der Waals surface area contributed by atoms with Gasteiger partial charge in [-0.3, -0.25) is 10.2 Å². The fourth-order valence-electron chi connectivity index (χ4n) is 1.32. The molecule has 1 saturated heterocycles. The SMILES string of the molecule is C=CCOC(=O)C1CCN(C)C1=N. The third-order valence-corrected chi connectivity index (χ3v) is 2.12. The quantitative estimate of drug-likeness (QED) is 0.515. The van der Waals surface area contributed by atoms with E-state index in [1.807, 2.05) is 7.05 Å². The van der Waals surface area contributed by atoms with Crippen LogP contribution in [0.5, 0.6) is 0 Å². The van der Waals surface area contributed by atoms with Crippen molar-refractivity contribution in [2.45, 2.75) is 6.42 Å². The normalized spacial score (nSPS) is 21.8. The molecule has 4 heteroatoms. The average molecular weight is 182 g/mol. The number of amidine groups is 1. The van der Waals surface area contributed by atoms with Gasteiger partial charge in [0.05, 0.1) is 0 Å². The summed E-state index contributed by atoms with van der Waals surface area (Å²) in [5, 5.41) is 7.58. The minimum atomic E-state index is -0.370. The molecule has 1 atom stereocenters. The number of likely N-dealkylation sites (tertiary alicyclic amines) is 1. The van der Waals surface area contributed by atoms with Crippen LogP contribution in [-0.2, 0) is 9.53 Å². The van der Waals surface area contributed by atoms with Crippen LogP contribution >= 0.6 is 0 Å². The smallest absolute Gasteiger partial charge is 0.316 e. The fourth-order valence-corrected chi connectivity index (χ4v) is 1.32. The molecule has 0 aliphatic carbocycles. The summed E-state index contributed by atoms with van der Waals surface area (Å²) in [5.74, 6) is -0.326. The number of carbonyl (C=O) groups is 1. The zero-order valence-electron chi connectivity index (χ0n) is 7.75. The van der Waals surface area contributed by atoms with E-state index in [9.17, 15) is 4.79 Å². The molecule has 13 heavy (non-hydrogen) atoms. The fraction of sp³-hybridized carbons (Fsp3) is 0.556. The summed E-state index contributed by atoms with van der Waals surface area (Å²) in [7, 11) is 1.81. The van der Waals surface area contributed by atoms with Crippen molar-refractivity contribution in [1.29, 1.82) is 5.41 Å². The van der Waals surface area contributed by atoms with Gasteiger partial charge in [0.2, 0.25) is 0 Å². The van der Waals surface area contributed by atoms with Crippen molar-refractivity contribution in [2.75, 3.05) is 20.2 Å². The van der Waals surface area contributed by atoms with Gasteiger partial charge in [-0.25, -0.2) is 0 Å². The van der Waals surface area contributed by atoms with Crippen molar-refractivity contribution < 1.29 is 9.53 Å². The number of hydrogen-bond acceptors (Lipinski definition) is 3. The van der Waals surface area contributed by atoms with E-state index in [4.69, 9.17) is 10.1 Å². The Bertz CT molecular complexity index is 238. The van der Waals surface area contributed by atoms with Gasteiger partial charge >= 0.3 is 5.97 Å². The Labute approximate surface area is 77.7 Å². The van der Waals surface area contributed by atoms with Gasteiger partial charge in [-0.05, 0) is 6.42 Å². The van der Waals surface area contributed by atoms with Crippen LogP contribution in [0, 0.1) is 11.3 Å². The van der Waals surface area contributed by atoms with Crippen LogP contribution in [-0.4, -0.2) is 36.9 Å². The Balaban J connectivity index is 2.48. The van der Waals surface area contributed by atoms with E-state index in [0.29, 0.717) is 12.3 Å². The van der Waals surface area contributed by atoms with Crippen LogP contribution in [0.1, 0.15) is 6.42 Å². The van der Waals surface area contributed by atoms with Gasteiger partial charge in [0.15, 0.2) is 0 Å². The molecular formula is C9H14N2O2. The second-order valence-electron chi connectivity index (χ2n) is 3.07. The highest BCUT2D eigenvalue weighted by Crippen LogP contribution is 2.17. The number of ether oxygens (including phenoxy) is 1. The Morgan fingerprint density at radius 2 is 2.62 bits per heavy atom. The largest absolute Gasteiger partial charge is 0.461 e. The van der Waals surface area contributed by atoms with Crippen LogP contribution in [0.3, 0.4) is 0 Å². The van der Waals surface area contributed by atoms with E-state index >= 15 is 0 Å². The molecule has 0 amide bonds. The van der Waals surface area contributed by atoms with Crippen LogP contribution < -0.4 is 0 Å². The highest BCUT2D eigenvalue weighted by Gasteiger charge is 2.32. The minimum Gasteiger partial charge on any atom is -0.461 e. The summed E-state index contributed by atoms with van der Waals surface area (Å²) in [4.78, 5) is 13.1. The van der Waals surface area contributed by atoms with Gasteiger partial charge < -0.3 is 9.64 Å². The van der Waals surface area contributed by atoms with Crippen molar-refractivity contribution in [3.05, 3.63) is 12.7 Å². The molecule has 0 bridgehead atoms. The molecule has 1 heterocycles. The van der Waals surface area contributed by atoms with E-state index in [2.05, 4.69) is 6.58 Å². The van der Waals surface area contributed by atoms with Crippen LogP contribution in [0.25, 0.3) is 0 Å². The standard InChI is InChI=1S/C9H14N2O2/c1-3-6-13-9(12)7-4-5-11(2)8(7)10/h3,7,10H,1,4-6H2,2H3. The summed E-state index contributed by atoms with van der Waals surface area (Å²) in [6.07, 6.45) is 2.21. The lowest BCUT2D eigenvalue weighted by Gasteiger charge is -2.12. The molecule has 1 aliphatic heterocycles. The first-order chi connectivity index (χ1) is 6.16. The monoisotopic (exact) mass is 182 g/mol. The number of nitrogens with zero attached hydrogens (tertiary/aromatic N) is 1. The second kappa shape index (κ2) is 4.07. The van der Waals surface area contributed by atoms with Gasteiger partial charge in [0, 0.05) is 13.6 Å². The van der Waals surface area contributed by atoms with Crippen LogP contribution in [0.15, 0.2) is 12.7 Å². The molecule has 1 aliphatic rings. The van der Waals surface area contributed by atoms with Crippen molar-refractivity contribution in [1.82, 2.24) is 4.90 Å². The Morgan fingerprint density at radius 3 is 3.08 bits per heavy atom. The molecule has 0 aromatic carbocycles. The summed E-state index contributed by atoms with van der Waals surface area (Å²) in [6, 6.07) is 0. The maximum Gasteiger partial charge on any atom is 0.316 e. The second-order valence-corrected chi connectivity index (χ2v) is 3.07. The number of carbonyl (C=O) groups excluding carboxylic acids is 1. The Morgan fingerprint density at radius 1 is 1.92 bits per heavy atom. The van der Waals surface area contributed by atoms with E-state index in [1.54, 1.807) is 4.90 Å². The van der Waals surface area contributed by atoms with Crippen molar-refractivity contribution in [3.63, 3.8) is 0 Å². The maximum absolute atomic E-state index is 11.3. The molecular weight excluding hydrogens is 168 g/mol. The lowest BCUT2D eigenvalue weighted by Crippen LogP contribution is -2.27. The Kier molecular flexibility index (Phi) is 3.06. The summed E-state index contributed by atoms with van der Waals surface area (Å²) >= 11 is 0. The zero-order chi connectivity index (χ0) is 9.84. The number of esters is 1. The number of nitrogens with one attached hydrogen (secondary N) is 1. The minimum absolute atomic E-state index is 0.228. The summed E-state index contributed by atoms with van der Waals surface area (Å²) in [6.45, 7) is 4.44.